The predicted molar refractivity (Wildman–Crippen MR) is 105 cm³/mol. The molecule has 0 aliphatic rings. The number of aromatic nitrogens is 4. The molecule has 0 saturated heterocycles. The summed E-state index contributed by atoms with van der Waals surface area (Å²) in [6.07, 6.45) is 1.63. The molecule has 0 aliphatic heterocycles. The van der Waals surface area contributed by atoms with Gasteiger partial charge in [0.1, 0.15) is 11.4 Å². The van der Waals surface area contributed by atoms with E-state index in [1.54, 1.807) is 30.6 Å². The topological polar surface area (TPSA) is 98.5 Å². The highest BCUT2D eigenvalue weighted by Crippen LogP contribution is 2.24. The van der Waals surface area contributed by atoms with Crippen molar-refractivity contribution in [1.29, 1.82) is 0 Å². The molecular formula is C19H15N5O3S. The molecule has 1 N–H and O–H groups in total. The third kappa shape index (κ3) is 3.52. The second-order valence-corrected chi connectivity index (χ2v) is 6.80. The number of para-hydroxylation sites is 2. The zero-order valence-electron chi connectivity index (χ0n) is 14.8. The first-order chi connectivity index (χ1) is 13.7. The van der Waals surface area contributed by atoms with Crippen LogP contribution in [0.2, 0.25) is 0 Å². The number of ether oxygens (including phenoxy) is 1. The van der Waals surface area contributed by atoms with E-state index in [9.17, 15) is 9.59 Å². The van der Waals surface area contributed by atoms with Crippen molar-refractivity contribution in [2.75, 3.05) is 18.2 Å². The van der Waals surface area contributed by atoms with Crippen molar-refractivity contribution >= 4 is 46.0 Å². The zero-order valence-corrected chi connectivity index (χ0v) is 15.6. The van der Waals surface area contributed by atoms with Crippen LogP contribution in [0.4, 0.5) is 5.69 Å². The van der Waals surface area contributed by atoms with Crippen LogP contribution in [0.5, 0.6) is 0 Å². The molecule has 0 atom stereocenters. The van der Waals surface area contributed by atoms with E-state index >= 15 is 0 Å². The van der Waals surface area contributed by atoms with Gasteiger partial charge < -0.3 is 10.1 Å². The van der Waals surface area contributed by atoms with Gasteiger partial charge in [-0.2, -0.15) is 0 Å². The number of hydrogen-bond acceptors (Lipinski definition) is 7. The first kappa shape index (κ1) is 17.9. The third-order valence-corrected chi connectivity index (χ3v) is 4.99. The van der Waals surface area contributed by atoms with Gasteiger partial charge in [0, 0.05) is 5.69 Å². The SMILES string of the molecule is COC(=O)c1ccc(NC(=O)CSc2nc3ccccc3n3cnnc23)cc1. The predicted octanol–water partition coefficient (Wildman–Crippen LogP) is 2.79. The van der Waals surface area contributed by atoms with Crippen LogP contribution in [0, 0.1) is 0 Å². The van der Waals surface area contributed by atoms with Crippen LogP contribution in [0.15, 0.2) is 59.9 Å². The lowest BCUT2D eigenvalue weighted by molar-refractivity contribution is -0.113. The Morgan fingerprint density at radius 2 is 1.93 bits per heavy atom. The molecule has 2 aromatic heterocycles. The minimum atomic E-state index is -0.423. The molecule has 0 saturated carbocycles. The molecule has 0 aliphatic carbocycles. The van der Waals surface area contributed by atoms with E-state index in [-0.39, 0.29) is 11.7 Å². The van der Waals surface area contributed by atoms with Crippen molar-refractivity contribution in [3.8, 4) is 0 Å². The molecule has 4 rings (SSSR count). The molecule has 28 heavy (non-hydrogen) atoms. The molecule has 2 aromatic carbocycles. The van der Waals surface area contributed by atoms with E-state index in [0.717, 1.165) is 11.0 Å². The standard InChI is InChI=1S/C19H15N5O3S/c1-27-19(26)12-6-8-13(9-7-12)21-16(25)10-28-18-17-23-20-11-24(17)15-5-3-2-4-14(15)22-18/h2-9,11H,10H2,1H3,(H,21,25). The normalized spacial score (nSPS) is 10.9. The Labute approximate surface area is 163 Å². The van der Waals surface area contributed by atoms with Crippen LogP contribution >= 0.6 is 11.8 Å². The molecule has 9 heteroatoms. The first-order valence-corrected chi connectivity index (χ1v) is 9.34. The van der Waals surface area contributed by atoms with Crippen LogP contribution in [-0.2, 0) is 9.53 Å². The van der Waals surface area contributed by atoms with Gasteiger partial charge in [-0.25, -0.2) is 9.78 Å². The minimum Gasteiger partial charge on any atom is -0.465 e. The molecule has 0 spiro atoms. The number of nitrogens with zero attached hydrogens (tertiary/aromatic N) is 4. The number of methoxy groups -OCH3 is 1. The number of rotatable bonds is 5. The van der Waals surface area contributed by atoms with Gasteiger partial charge in [0.15, 0.2) is 5.65 Å². The molecule has 0 radical (unpaired) electrons. The highest BCUT2D eigenvalue weighted by Gasteiger charge is 2.13. The zero-order chi connectivity index (χ0) is 19.5. The summed E-state index contributed by atoms with van der Waals surface area (Å²) < 4.78 is 6.51. The monoisotopic (exact) mass is 393 g/mol. The largest absolute Gasteiger partial charge is 0.465 e. The molecule has 8 nitrogen and oxygen atoms in total. The lowest BCUT2D eigenvalue weighted by Gasteiger charge is -2.07. The van der Waals surface area contributed by atoms with Gasteiger partial charge in [-0.1, -0.05) is 23.9 Å². The Balaban J connectivity index is 1.47. The number of hydrogen-bond donors (Lipinski definition) is 1. The number of esters is 1. The van der Waals surface area contributed by atoms with Gasteiger partial charge in [0.2, 0.25) is 5.91 Å². The number of carbonyl (C=O) groups excluding carboxylic acids is 2. The summed E-state index contributed by atoms with van der Waals surface area (Å²) in [4.78, 5) is 28.4. The number of nitrogens with one attached hydrogen (secondary N) is 1. The second-order valence-electron chi connectivity index (χ2n) is 5.84. The highest BCUT2D eigenvalue weighted by atomic mass is 32.2. The number of amides is 1. The van der Waals surface area contributed by atoms with Gasteiger partial charge in [-0.3, -0.25) is 9.20 Å². The Hall–Kier alpha value is -3.46. The summed E-state index contributed by atoms with van der Waals surface area (Å²) >= 11 is 1.29. The van der Waals surface area contributed by atoms with Crippen LogP contribution in [-0.4, -0.2) is 44.3 Å². The van der Waals surface area contributed by atoms with Crippen LogP contribution in [0.25, 0.3) is 16.7 Å². The van der Waals surface area contributed by atoms with E-state index in [4.69, 9.17) is 0 Å². The van der Waals surface area contributed by atoms with E-state index in [1.807, 2.05) is 28.7 Å². The van der Waals surface area contributed by atoms with E-state index < -0.39 is 5.97 Å². The Bertz CT molecular complexity index is 1170. The van der Waals surface area contributed by atoms with Crippen molar-refractivity contribution in [2.24, 2.45) is 0 Å². The van der Waals surface area contributed by atoms with Gasteiger partial charge in [0.25, 0.3) is 0 Å². The fraction of sp³-hybridized carbons (Fsp3) is 0.105. The molecule has 4 aromatic rings. The number of thioether (sulfide) groups is 1. The van der Waals surface area contributed by atoms with Gasteiger partial charge in [-0.05, 0) is 36.4 Å². The number of benzene rings is 2. The van der Waals surface area contributed by atoms with Crippen LogP contribution in [0.3, 0.4) is 0 Å². The maximum atomic E-state index is 12.3. The Morgan fingerprint density at radius 1 is 1.14 bits per heavy atom. The summed E-state index contributed by atoms with van der Waals surface area (Å²) in [6, 6.07) is 14.2. The average Bonchev–Trinajstić information content (AvgIpc) is 3.22. The lowest BCUT2D eigenvalue weighted by atomic mass is 10.2. The van der Waals surface area contributed by atoms with E-state index in [0.29, 0.717) is 21.9 Å². The second kappa shape index (κ2) is 7.65. The molecule has 140 valence electrons. The first-order valence-electron chi connectivity index (χ1n) is 8.35. The van der Waals surface area contributed by atoms with Crippen molar-refractivity contribution in [3.63, 3.8) is 0 Å². The number of carbonyl (C=O) groups is 2. The molecule has 0 fully saturated rings. The summed E-state index contributed by atoms with van der Waals surface area (Å²) in [5, 5.41) is 11.5. The summed E-state index contributed by atoms with van der Waals surface area (Å²) in [5.74, 6) is -0.455. The van der Waals surface area contributed by atoms with Crippen LogP contribution < -0.4 is 5.32 Å². The molecular weight excluding hydrogens is 378 g/mol. The van der Waals surface area contributed by atoms with E-state index in [1.165, 1.54) is 18.9 Å². The maximum Gasteiger partial charge on any atom is 0.337 e. The molecule has 1 amide bonds. The third-order valence-electron chi connectivity index (χ3n) is 4.03. The number of fused-ring (bicyclic) bond motifs is 3. The van der Waals surface area contributed by atoms with Gasteiger partial charge >= 0.3 is 5.97 Å². The quantitative estimate of drug-likeness (QED) is 0.411. The Kier molecular flexibility index (Phi) is 4.90. The van der Waals surface area contributed by atoms with Crippen molar-refractivity contribution < 1.29 is 14.3 Å². The Morgan fingerprint density at radius 3 is 2.71 bits per heavy atom. The molecule has 0 bridgehead atoms. The summed E-state index contributed by atoms with van der Waals surface area (Å²) in [5.41, 5.74) is 3.33. The number of anilines is 1. The van der Waals surface area contributed by atoms with E-state index in [2.05, 4.69) is 25.2 Å². The fourth-order valence-corrected chi connectivity index (χ4v) is 3.49. The van der Waals surface area contributed by atoms with Gasteiger partial charge in [-0.15, -0.1) is 10.2 Å². The lowest BCUT2D eigenvalue weighted by Crippen LogP contribution is -2.14. The highest BCUT2D eigenvalue weighted by molar-refractivity contribution is 8.00. The average molecular weight is 393 g/mol. The maximum absolute atomic E-state index is 12.3. The van der Waals surface area contributed by atoms with Crippen molar-refractivity contribution in [3.05, 3.63) is 60.4 Å². The van der Waals surface area contributed by atoms with Crippen molar-refractivity contribution in [1.82, 2.24) is 19.6 Å². The van der Waals surface area contributed by atoms with Crippen LogP contribution in [0.1, 0.15) is 10.4 Å². The van der Waals surface area contributed by atoms with Gasteiger partial charge in [0.05, 0.1) is 29.5 Å². The fourth-order valence-electron chi connectivity index (χ4n) is 2.71. The molecule has 2 heterocycles. The summed E-state index contributed by atoms with van der Waals surface area (Å²) in [7, 11) is 1.32. The van der Waals surface area contributed by atoms with Crippen molar-refractivity contribution in [2.45, 2.75) is 5.03 Å². The summed E-state index contributed by atoms with van der Waals surface area (Å²) in [6.45, 7) is 0. The minimum absolute atomic E-state index is 0.159. The molecule has 0 unspecified atom stereocenters. The smallest absolute Gasteiger partial charge is 0.337 e.